The number of rotatable bonds is 4. The first kappa shape index (κ1) is 43.0. The topological polar surface area (TPSA) is 0 Å². The van der Waals surface area contributed by atoms with Gasteiger partial charge in [0.2, 0.25) is 0 Å². The molecule has 0 aliphatic carbocycles. The maximum atomic E-state index is 3.72. The summed E-state index contributed by atoms with van der Waals surface area (Å²) >= 11 is 0. The summed E-state index contributed by atoms with van der Waals surface area (Å²) in [5, 5.41) is 4.92. The molecule has 0 saturated carbocycles. The van der Waals surface area contributed by atoms with E-state index in [2.05, 4.69) is 133 Å². The Morgan fingerprint density at radius 3 is 0.818 bits per heavy atom. The maximum Gasteiger partial charge on any atom is 4.00 e. The quantitative estimate of drug-likeness (QED) is 0.122. The standard InChI is InChI=1S/C32H20Si.4C5H5.2Zr/c1-5-13-25(14-6-1)21-29-23-31(27-17-9-3-10-18-27)33(29)30(22-26-15-7-2-8-16-26)24-32(33)28-19-11-4-12-20-28;4*1-2-4-5-3-1;;/h1-20H;4*1-5H;;/q-4;4*-1;2*+4. The summed E-state index contributed by atoms with van der Waals surface area (Å²) in [5.41, 5.74) is 4.62. The van der Waals surface area contributed by atoms with Crippen molar-refractivity contribution in [3.8, 4) is 0 Å². The first-order chi connectivity index (χ1) is 26.4. The van der Waals surface area contributed by atoms with E-state index in [9.17, 15) is 0 Å². The molecule has 0 N–H and O–H groups in total. The van der Waals surface area contributed by atoms with Crippen LogP contribution in [0.2, 0.25) is 0 Å². The van der Waals surface area contributed by atoms with E-state index in [4.69, 9.17) is 0 Å². The van der Waals surface area contributed by atoms with E-state index in [1.165, 1.54) is 31.9 Å². The molecule has 260 valence electrons. The van der Waals surface area contributed by atoms with E-state index < -0.39 is 8.07 Å². The molecular weight excluding hydrogens is 835 g/mol. The molecule has 1 spiro atoms. The third kappa shape index (κ3) is 12.1. The third-order valence-electron chi connectivity index (χ3n) is 8.43. The van der Waals surface area contributed by atoms with Crippen LogP contribution in [-0.4, -0.2) is 8.07 Å². The molecule has 0 fully saturated rings. The zero-order chi connectivity index (χ0) is 36.2. The molecule has 2 aliphatic rings. The zero-order valence-electron chi connectivity index (χ0n) is 30.6. The summed E-state index contributed by atoms with van der Waals surface area (Å²) < 4.78 is 0. The zero-order valence-corrected chi connectivity index (χ0v) is 36.5. The monoisotopic (exact) mass is 872 g/mol. The van der Waals surface area contributed by atoms with Crippen molar-refractivity contribution in [2.24, 2.45) is 0 Å². The van der Waals surface area contributed by atoms with Gasteiger partial charge in [-0.2, -0.15) is 72.8 Å². The molecule has 10 rings (SSSR count). The fourth-order valence-electron chi connectivity index (χ4n) is 5.90. The van der Waals surface area contributed by atoms with Gasteiger partial charge in [-0.05, 0) is 11.1 Å². The van der Waals surface area contributed by atoms with Crippen LogP contribution in [0.1, 0.15) is 22.3 Å². The van der Waals surface area contributed by atoms with Gasteiger partial charge in [0.15, 0.2) is 0 Å². The average Bonchev–Trinajstić information content (AvgIpc) is 4.07. The molecule has 0 nitrogen and oxygen atoms in total. The SMILES string of the molecule is [C-](=C1[C-]=C(c2ccccc2)[Si]12C(=[C-]c1ccccc1)[C-]=C2c1ccccc1)c1ccccc1.[Zr+4].[Zr+4].c1cc[cH-]c1.c1cc[cH-]c1.c1cc[cH-]c1.c1cc[cH-]c1. The number of hydrogen-bond donors (Lipinski definition) is 0. The summed E-state index contributed by atoms with van der Waals surface area (Å²) in [6, 6.07) is 82.1. The largest absolute Gasteiger partial charge is 4.00 e. The van der Waals surface area contributed by atoms with Gasteiger partial charge in [-0.15, -0.1) is 34.7 Å². The predicted molar refractivity (Wildman–Crippen MR) is 225 cm³/mol. The van der Waals surface area contributed by atoms with Crippen LogP contribution in [0.3, 0.4) is 0 Å². The summed E-state index contributed by atoms with van der Waals surface area (Å²) in [6.07, 6.45) is 14.9. The van der Waals surface area contributed by atoms with Crippen molar-refractivity contribution in [1.82, 2.24) is 0 Å². The second-order valence-corrected chi connectivity index (χ2v) is 15.6. The van der Waals surface area contributed by atoms with Crippen molar-refractivity contribution >= 4 is 18.5 Å². The van der Waals surface area contributed by atoms with Gasteiger partial charge in [-0.25, -0.2) is 83.2 Å². The Morgan fingerprint density at radius 2 is 0.582 bits per heavy atom. The van der Waals surface area contributed by atoms with E-state index in [0.29, 0.717) is 0 Å². The van der Waals surface area contributed by atoms with E-state index >= 15 is 0 Å². The molecule has 8 aromatic carbocycles. The van der Waals surface area contributed by atoms with E-state index in [-0.39, 0.29) is 52.4 Å². The summed E-state index contributed by atoms with van der Waals surface area (Å²) in [6.45, 7) is 0. The second kappa shape index (κ2) is 23.9. The van der Waals surface area contributed by atoms with Crippen LogP contribution in [0.4, 0.5) is 0 Å². The Hall–Kier alpha value is -4.78. The molecule has 0 aromatic heterocycles. The summed E-state index contributed by atoms with van der Waals surface area (Å²) in [4.78, 5) is 0. The normalized spacial score (nSPS) is 15.7. The third-order valence-corrected chi connectivity index (χ3v) is 12.8. The fraction of sp³-hybridized carbons (Fsp3) is 0. The van der Waals surface area contributed by atoms with E-state index in [1.807, 2.05) is 133 Å². The smallest absolute Gasteiger partial charge is 0.282 e. The van der Waals surface area contributed by atoms with Crippen LogP contribution < -0.4 is 0 Å². The van der Waals surface area contributed by atoms with Crippen molar-refractivity contribution in [2.45, 2.75) is 0 Å². The van der Waals surface area contributed by atoms with Crippen LogP contribution >= 0.6 is 0 Å². The van der Waals surface area contributed by atoms with E-state index in [1.54, 1.807) is 0 Å². The maximum absolute atomic E-state index is 3.72. The van der Waals surface area contributed by atoms with Gasteiger partial charge in [0, 0.05) is 0 Å². The molecule has 55 heavy (non-hydrogen) atoms. The first-order valence-electron chi connectivity index (χ1n) is 17.8. The molecule has 0 radical (unpaired) electrons. The molecule has 0 unspecified atom stereocenters. The Bertz CT molecular complexity index is 1940. The second-order valence-electron chi connectivity index (χ2n) is 12.1. The minimum absolute atomic E-state index is 0. The Labute approximate surface area is 367 Å². The molecule has 0 amide bonds. The first-order valence-corrected chi connectivity index (χ1v) is 19.8. The van der Waals surface area contributed by atoms with Gasteiger partial charge in [0.05, 0.1) is 8.07 Å². The van der Waals surface area contributed by atoms with Gasteiger partial charge in [-0.3, -0.25) is 35.4 Å². The van der Waals surface area contributed by atoms with Crippen LogP contribution in [0.5, 0.6) is 0 Å². The molecular formula is C52H40SiZr2. The van der Waals surface area contributed by atoms with Crippen LogP contribution in [0.25, 0.3) is 10.4 Å². The molecule has 0 saturated heterocycles. The summed E-state index contributed by atoms with van der Waals surface area (Å²) in [5.74, 6) is 0. The Balaban J connectivity index is 0.000000247. The molecule has 0 bridgehead atoms. The van der Waals surface area contributed by atoms with Gasteiger partial charge in [-0.1, -0.05) is 72.8 Å². The van der Waals surface area contributed by atoms with Gasteiger partial charge < -0.3 is 0 Å². The van der Waals surface area contributed by atoms with Crippen LogP contribution in [0, 0.1) is 24.3 Å². The minimum atomic E-state index is -2.43. The molecule has 0 atom stereocenters. The van der Waals surface area contributed by atoms with Crippen LogP contribution in [-0.2, 0) is 52.4 Å². The Kier molecular flexibility index (Phi) is 18.7. The van der Waals surface area contributed by atoms with Crippen molar-refractivity contribution in [2.75, 3.05) is 0 Å². The number of allylic oxidation sites excluding steroid dienone is 4. The van der Waals surface area contributed by atoms with Crippen molar-refractivity contribution in [3.63, 3.8) is 0 Å². The summed E-state index contributed by atoms with van der Waals surface area (Å²) in [7, 11) is -2.43. The van der Waals surface area contributed by atoms with Gasteiger partial charge in [0.25, 0.3) is 0 Å². The predicted octanol–water partition coefficient (Wildman–Crippen LogP) is 12.6. The van der Waals surface area contributed by atoms with Crippen molar-refractivity contribution < 1.29 is 52.4 Å². The Morgan fingerprint density at radius 1 is 0.327 bits per heavy atom. The van der Waals surface area contributed by atoms with E-state index in [0.717, 1.165) is 11.1 Å². The number of benzene rings is 4. The molecule has 3 heteroatoms. The van der Waals surface area contributed by atoms with Gasteiger partial charge in [0.1, 0.15) is 0 Å². The number of hydrogen-bond acceptors (Lipinski definition) is 0. The molecule has 2 aliphatic heterocycles. The molecule has 2 heterocycles. The minimum Gasteiger partial charge on any atom is -0.282 e. The van der Waals surface area contributed by atoms with Crippen molar-refractivity contribution in [1.29, 1.82) is 0 Å². The van der Waals surface area contributed by atoms with Crippen LogP contribution in [0.15, 0.2) is 253 Å². The van der Waals surface area contributed by atoms with Gasteiger partial charge >= 0.3 is 52.4 Å². The average molecular weight is 875 g/mol. The fourth-order valence-corrected chi connectivity index (χ4v) is 10.1. The van der Waals surface area contributed by atoms with Crippen molar-refractivity contribution in [3.05, 3.63) is 300 Å². The molecule has 8 aromatic rings.